The number of anilines is 1. The Kier molecular flexibility index (Phi) is 5.20. The number of phenolic OH excluding ortho intramolecular Hbond substituents is 1. The minimum absolute atomic E-state index is 0.0156. The summed E-state index contributed by atoms with van der Waals surface area (Å²) < 4.78 is 14.8. The Balaban J connectivity index is 2.66. The highest BCUT2D eigenvalue weighted by Crippen LogP contribution is 2.31. The molecule has 0 aromatic heterocycles. The molecule has 0 bridgehead atoms. The Labute approximate surface area is 138 Å². The van der Waals surface area contributed by atoms with E-state index in [2.05, 4.69) is 4.74 Å². The zero-order valence-electron chi connectivity index (χ0n) is 13.5. The van der Waals surface area contributed by atoms with Crippen molar-refractivity contribution >= 4 is 23.4 Å². The number of Topliss-reactive ketones (excluding diaryl/α,β-unsaturated/α-hetero) is 1. The molecule has 1 heterocycles. The minimum atomic E-state index is -0.763. The fourth-order valence-electron chi connectivity index (χ4n) is 2.38. The maximum absolute atomic E-state index is 12.2. The van der Waals surface area contributed by atoms with Crippen LogP contribution in [0.4, 0.5) is 5.69 Å². The number of esters is 2. The Morgan fingerprint density at radius 1 is 1.17 bits per heavy atom. The van der Waals surface area contributed by atoms with E-state index in [4.69, 9.17) is 9.47 Å². The first kappa shape index (κ1) is 17.5. The van der Waals surface area contributed by atoms with Gasteiger partial charge in [0.1, 0.15) is 18.2 Å². The van der Waals surface area contributed by atoms with E-state index in [1.54, 1.807) is 0 Å². The van der Waals surface area contributed by atoms with E-state index in [0.717, 1.165) is 0 Å². The van der Waals surface area contributed by atoms with Crippen LogP contribution in [0.5, 0.6) is 5.75 Å². The number of phenols is 1. The number of carbonyl (C=O) groups is 3. The third-order valence-electron chi connectivity index (χ3n) is 3.48. The van der Waals surface area contributed by atoms with Crippen molar-refractivity contribution < 1.29 is 33.7 Å². The number of ketones is 1. The minimum Gasteiger partial charge on any atom is -0.508 e. The van der Waals surface area contributed by atoms with E-state index in [9.17, 15) is 19.5 Å². The number of methoxy groups -OCH3 is 2. The van der Waals surface area contributed by atoms with Crippen LogP contribution < -0.4 is 4.90 Å². The third kappa shape index (κ3) is 3.23. The predicted octanol–water partition coefficient (Wildman–Crippen LogP) is 0.989. The van der Waals surface area contributed by atoms with Gasteiger partial charge in [-0.3, -0.25) is 4.79 Å². The van der Waals surface area contributed by atoms with Crippen molar-refractivity contribution in [1.29, 1.82) is 0 Å². The molecule has 1 aromatic rings. The van der Waals surface area contributed by atoms with Crippen LogP contribution in [0.15, 0.2) is 29.5 Å². The van der Waals surface area contributed by atoms with Crippen LogP contribution in [0.25, 0.3) is 0 Å². The molecule has 1 aliphatic heterocycles. The van der Waals surface area contributed by atoms with Gasteiger partial charge in [-0.15, -0.1) is 0 Å². The fraction of sp³-hybridized carbons (Fsp3) is 0.312. The average molecular weight is 335 g/mol. The van der Waals surface area contributed by atoms with Gasteiger partial charge in [-0.05, 0) is 25.1 Å². The fourth-order valence-corrected chi connectivity index (χ4v) is 2.38. The maximum Gasteiger partial charge on any atom is 0.355 e. The molecule has 0 aliphatic carbocycles. The topological polar surface area (TPSA) is 102 Å². The van der Waals surface area contributed by atoms with Crippen molar-refractivity contribution in [2.45, 2.75) is 6.92 Å². The summed E-state index contributed by atoms with van der Waals surface area (Å²) in [7, 11) is 2.37. The lowest BCUT2D eigenvalue weighted by atomic mass is 10.1. The zero-order chi connectivity index (χ0) is 17.9. The van der Waals surface area contributed by atoms with Crippen molar-refractivity contribution in [2.24, 2.45) is 0 Å². The van der Waals surface area contributed by atoms with Gasteiger partial charge in [0.05, 0.1) is 32.1 Å². The molecule has 1 aliphatic rings. The quantitative estimate of drug-likeness (QED) is 0.642. The zero-order valence-corrected chi connectivity index (χ0v) is 13.5. The summed E-state index contributed by atoms with van der Waals surface area (Å²) in [6.45, 7) is 1.13. The molecule has 8 heteroatoms. The number of ether oxygens (including phenoxy) is 3. The van der Waals surface area contributed by atoms with Crippen molar-refractivity contribution in [3.63, 3.8) is 0 Å². The standard InChI is InChI=1S/C16H17NO7/c1-9(18)11-6-10(19)4-5-13(11)17-8-24-7-12(15(20)22-2)14(17)16(21)23-3/h4-6,19H,7-8H2,1-3H3. The Hall–Kier alpha value is -2.87. The molecular formula is C16H17NO7. The molecule has 0 radical (unpaired) electrons. The van der Waals surface area contributed by atoms with Gasteiger partial charge >= 0.3 is 11.9 Å². The van der Waals surface area contributed by atoms with Crippen LogP contribution in [0, 0.1) is 0 Å². The van der Waals surface area contributed by atoms with Gasteiger partial charge in [0.2, 0.25) is 0 Å². The van der Waals surface area contributed by atoms with E-state index < -0.39 is 11.9 Å². The molecule has 1 N–H and O–H groups in total. The van der Waals surface area contributed by atoms with Gasteiger partial charge in [-0.1, -0.05) is 0 Å². The molecule has 0 saturated heterocycles. The third-order valence-corrected chi connectivity index (χ3v) is 3.48. The van der Waals surface area contributed by atoms with Crippen LogP contribution in [0.2, 0.25) is 0 Å². The second-order valence-corrected chi connectivity index (χ2v) is 4.97. The largest absolute Gasteiger partial charge is 0.508 e. The maximum atomic E-state index is 12.2. The Morgan fingerprint density at radius 2 is 1.83 bits per heavy atom. The van der Waals surface area contributed by atoms with Crippen LogP contribution in [0.1, 0.15) is 17.3 Å². The van der Waals surface area contributed by atoms with Crippen LogP contribution in [0.3, 0.4) is 0 Å². The smallest absolute Gasteiger partial charge is 0.355 e. The van der Waals surface area contributed by atoms with Gasteiger partial charge in [0.15, 0.2) is 5.78 Å². The molecule has 0 amide bonds. The average Bonchev–Trinajstić information content (AvgIpc) is 2.59. The first-order chi connectivity index (χ1) is 11.4. The molecule has 0 saturated carbocycles. The number of nitrogens with zero attached hydrogens (tertiary/aromatic N) is 1. The number of hydrogen-bond acceptors (Lipinski definition) is 8. The lowest BCUT2D eigenvalue weighted by Crippen LogP contribution is -2.39. The Morgan fingerprint density at radius 3 is 2.42 bits per heavy atom. The normalized spacial score (nSPS) is 14.4. The highest BCUT2D eigenvalue weighted by atomic mass is 16.5. The summed E-state index contributed by atoms with van der Waals surface area (Å²) >= 11 is 0. The number of rotatable bonds is 4. The van der Waals surface area contributed by atoms with Crippen molar-refractivity contribution in [3.05, 3.63) is 35.0 Å². The lowest BCUT2D eigenvalue weighted by Gasteiger charge is -2.32. The van der Waals surface area contributed by atoms with Gasteiger partial charge in [-0.25, -0.2) is 9.59 Å². The first-order valence-corrected chi connectivity index (χ1v) is 6.99. The predicted molar refractivity (Wildman–Crippen MR) is 82.5 cm³/mol. The van der Waals surface area contributed by atoms with E-state index in [-0.39, 0.29) is 41.7 Å². The molecule has 1 aromatic carbocycles. The molecule has 2 rings (SSSR count). The van der Waals surface area contributed by atoms with E-state index >= 15 is 0 Å². The van der Waals surface area contributed by atoms with E-state index in [1.165, 1.54) is 44.2 Å². The van der Waals surface area contributed by atoms with Crippen molar-refractivity contribution in [1.82, 2.24) is 0 Å². The summed E-state index contributed by atoms with van der Waals surface area (Å²) in [4.78, 5) is 37.4. The molecule has 0 fully saturated rings. The molecule has 128 valence electrons. The molecule has 0 unspecified atom stereocenters. The number of carbonyl (C=O) groups excluding carboxylic acids is 3. The summed E-state index contributed by atoms with van der Waals surface area (Å²) in [5.41, 5.74) is 0.398. The first-order valence-electron chi connectivity index (χ1n) is 6.99. The summed E-state index contributed by atoms with van der Waals surface area (Å²) in [5.74, 6) is -1.92. The second kappa shape index (κ2) is 7.14. The summed E-state index contributed by atoms with van der Waals surface area (Å²) in [6.07, 6.45) is 0. The van der Waals surface area contributed by atoms with Crippen LogP contribution in [-0.2, 0) is 23.8 Å². The molecule has 0 spiro atoms. The highest BCUT2D eigenvalue weighted by molar-refractivity contribution is 6.06. The summed E-state index contributed by atoms with van der Waals surface area (Å²) in [6, 6.07) is 4.10. The van der Waals surface area contributed by atoms with Gasteiger partial charge in [0, 0.05) is 5.56 Å². The SMILES string of the molecule is COC(=O)C1=C(C(=O)OC)N(c2ccc(O)cc2C(C)=O)COC1. The molecule has 0 atom stereocenters. The highest BCUT2D eigenvalue weighted by Gasteiger charge is 2.33. The van der Waals surface area contributed by atoms with Crippen LogP contribution >= 0.6 is 0 Å². The van der Waals surface area contributed by atoms with Gasteiger partial charge < -0.3 is 24.2 Å². The monoisotopic (exact) mass is 335 g/mol. The van der Waals surface area contributed by atoms with E-state index in [0.29, 0.717) is 5.69 Å². The van der Waals surface area contributed by atoms with Gasteiger partial charge in [-0.2, -0.15) is 0 Å². The van der Waals surface area contributed by atoms with E-state index in [1.807, 2.05) is 0 Å². The lowest BCUT2D eigenvalue weighted by molar-refractivity contribution is -0.140. The molecule has 8 nitrogen and oxygen atoms in total. The number of hydrogen-bond donors (Lipinski definition) is 1. The van der Waals surface area contributed by atoms with Crippen molar-refractivity contribution in [3.8, 4) is 5.75 Å². The summed E-state index contributed by atoms with van der Waals surface area (Å²) in [5, 5.41) is 9.60. The molecular weight excluding hydrogens is 318 g/mol. The second-order valence-electron chi connectivity index (χ2n) is 4.97. The molecule has 24 heavy (non-hydrogen) atoms. The van der Waals surface area contributed by atoms with Crippen LogP contribution in [-0.4, -0.2) is 50.4 Å². The Bertz CT molecular complexity index is 723. The number of benzene rings is 1. The van der Waals surface area contributed by atoms with Crippen molar-refractivity contribution in [2.75, 3.05) is 32.5 Å². The van der Waals surface area contributed by atoms with Gasteiger partial charge in [0.25, 0.3) is 0 Å². The number of aromatic hydroxyl groups is 1.